The van der Waals surface area contributed by atoms with Gasteiger partial charge in [-0.2, -0.15) is 5.10 Å². The van der Waals surface area contributed by atoms with Crippen LogP contribution < -0.4 is 4.74 Å². The van der Waals surface area contributed by atoms with Crippen LogP contribution in [-0.4, -0.2) is 15.8 Å². The molecule has 0 aromatic heterocycles. The Kier molecular flexibility index (Phi) is 3.42. The van der Waals surface area contributed by atoms with E-state index >= 15 is 0 Å². The van der Waals surface area contributed by atoms with Gasteiger partial charge in [0.1, 0.15) is 11.5 Å². The smallest absolute Gasteiger partial charge is 0.214 e. The molecule has 2 atom stereocenters. The lowest BCUT2D eigenvalue weighted by molar-refractivity contribution is -0.0191. The van der Waals surface area contributed by atoms with Crippen molar-refractivity contribution in [3.8, 4) is 11.5 Å². The van der Waals surface area contributed by atoms with E-state index in [0.717, 1.165) is 34.6 Å². The Hall–Kier alpha value is -3.27. The summed E-state index contributed by atoms with van der Waals surface area (Å²) in [6.07, 6.45) is 0.475. The Morgan fingerprint density at radius 1 is 0.923 bits per heavy atom. The maximum atomic E-state index is 9.90. The van der Waals surface area contributed by atoms with Gasteiger partial charge in [-0.05, 0) is 23.8 Å². The molecule has 3 aromatic carbocycles. The maximum absolute atomic E-state index is 9.90. The zero-order valence-electron chi connectivity index (χ0n) is 14.1. The molecule has 0 spiro atoms. The van der Waals surface area contributed by atoms with E-state index < -0.39 is 0 Å². The van der Waals surface area contributed by atoms with Crippen LogP contribution in [0.5, 0.6) is 11.5 Å². The van der Waals surface area contributed by atoms with E-state index in [2.05, 4.69) is 18.2 Å². The van der Waals surface area contributed by atoms with Crippen molar-refractivity contribution in [3.05, 3.63) is 95.6 Å². The molecular weight excluding hydrogens is 324 g/mol. The number of hydrogen-bond acceptors (Lipinski definition) is 4. The number of phenols is 1. The third-order valence-electron chi connectivity index (χ3n) is 4.96. The first-order chi connectivity index (χ1) is 12.8. The van der Waals surface area contributed by atoms with Gasteiger partial charge in [-0.1, -0.05) is 60.7 Å². The number of aromatic hydroxyl groups is 1. The van der Waals surface area contributed by atoms with E-state index in [-0.39, 0.29) is 18.0 Å². The van der Waals surface area contributed by atoms with Crippen LogP contribution in [0.25, 0.3) is 0 Å². The second-order valence-corrected chi connectivity index (χ2v) is 6.62. The van der Waals surface area contributed by atoms with E-state index in [1.54, 1.807) is 12.1 Å². The minimum absolute atomic E-state index is 0.127. The van der Waals surface area contributed by atoms with Gasteiger partial charge in [-0.15, -0.1) is 0 Å². The summed E-state index contributed by atoms with van der Waals surface area (Å²) in [7, 11) is 0. The van der Waals surface area contributed by atoms with Crippen LogP contribution in [-0.2, 0) is 0 Å². The third-order valence-corrected chi connectivity index (χ3v) is 4.96. The van der Waals surface area contributed by atoms with E-state index in [1.807, 2.05) is 53.5 Å². The minimum Gasteiger partial charge on any atom is -0.508 e. The van der Waals surface area contributed by atoms with E-state index in [9.17, 15) is 5.11 Å². The van der Waals surface area contributed by atoms with E-state index in [1.165, 1.54) is 0 Å². The van der Waals surface area contributed by atoms with Gasteiger partial charge in [0.25, 0.3) is 0 Å². The summed E-state index contributed by atoms with van der Waals surface area (Å²) < 4.78 is 6.28. The van der Waals surface area contributed by atoms with Crippen molar-refractivity contribution >= 4 is 5.71 Å². The molecule has 128 valence electrons. The van der Waals surface area contributed by atoms with Crippen molar-refractivity contribution in [2.75, 3.05) is 0 Å². The SMILES string of the molecule is Oc1cccc(C2Oc3ccccc3C3CC(c4ccccc4)=NN32)c1. The van der Waals surface area contributed by atoms with E-state index in [4.69, 9.17) is 9.84 Å². The summed E-state index contributed by atoms with van der Waals surface area (Å²) in [4.78, 5) is 0. The first-order valence-corrected chi connectivity index (χ1v) is 8.75. The fourth-order valence-electron chi connectivity index (χ4n) is 3.74. The zero-order valence-corrected chi connectivity index (χ0v) is 14.1. The molecule has 0 saturated heterocycles. The van der Waals surface area contributed by atoms with Crippen molar-refractivity contribution in [3.63, 3.8) is 0 Å². The minimum atomic E-state index is -0.358. The monoisotopic (exact) mass is 342 g/mol. The number of ether oxygens (including phenoxy) is 1. The summed E-state index contributed by atoms with van der Waals surface area (Å²) in [6, 6.07) is 25.7. The molecule has 2 aliphatic rings. The fraction of sp³-hybridized carbons (Fsp3) is 0.136. The molecule has 4 nitrogen and oxygen atoms in total. The number of nitrogens with zero attached hydrogens (tertiary/aromatic N) is 2. The molecule has 0 bridgehead atoms. The van der Waals surface area contributed by atoms with Crippen molar-refractivity contribution < 1.29 is 9.84 Å². The van der Waals surface area contributed by atoms with Crippen LogP contribution in [0.15, 0.2) is 84.0 Å². The van der Waals surface area contributed by atoms with Crippen LogP contribution in [0.4, 0.5) is 0 Å². The Morgan fingerprint density at radius 3 is 2.58 bits per heavy atom. The average Bonchev–Trinajstić information content (AvgIpc) is 3.14. The molecule has 2 aliphatic heterocycles. The Morgan fingerprint density at radius 2 is 1.73 bits per heavy atom. The first kappa shape index (κ1) is 15.0. The number of para-hydroxylation sites is 1. The first-order valence-electron chi connectivity index (χ1n) is 8.75. The fourth-order valence-corrected chi connectivity index (χ4v) is 3.74. The van der Waals surface area contributed by atoms with Crippen molar-refractivity contribution in [1.29, 1.82) is 0 Å². The number of rotatable bonds is 2. The molecule has 1 N–H and O–H groups in total. The van der Waals surface area contributed by atoms with Gasteiger partial charge in [0.15, 0.2) is 0 Å². The molecule has 0 fully saturated rings. The molecule has 0 saturated carbocycles. The predicted molar refractivity (Wildman–Crippen MR) is 100 cm³/mol. The van der Waals surface area contributed by atoms with Gasteiger partial charge < -0.3 is 9.84 Å². The van der Waals surface area contributed by atoms with Crippen LogP contribution in [0.1, 0.15) is 35.4 Å². The third kappa shape index (κ3) is 2.42. The number of fused-ring (bicyclic) bond motifs is 3. The lowest BCUT2D eigenvalue weighted by Gasteiger charge is -2.38. The summed E-state index contributed by atoms with van der Waals surface area (Å²) >= 11 is 0. The van der Waals surface area contributed by atoms with Gasteiger partial charge in [-0.3, -0.25) is 0 Å². The van der Waals surface area contributed by atoms with Gasteiger partial charge in [0.2, 0.25) is 6.23 Å². The van der Waals surface area contributed by atoms with Crippen LogP contribution in [0.2, 0.25) is 0 Å². The number of benzene rings is 3. The Balaban J connectivity index is 1.61. The van der Waals surface area contributed by atoms with Crippen LogP contribution in [0, 0.1) is 0 Å². The second-order valence-electron chi connectivity index (χ2n) is 6.62. The quantitative estimate of drug-likeness (QED) is 0.738. The molecule has 5 rings (SSSR count). The average molecular weight is 342 g/mol. The second kappa shape index (κ2) is 5.92. The summed E-state index contributed by atoms with van der Waals surface area (Å²) in [6.45, 7) is 0. The zero-order chi connectivity index (χ0) is 17.5. The largest absolute Gasteiger partial charge is 0.508 e. The lowest BCUT2D eigenvalue weighted by atomic mass is 9.96. The molecule has 2 unspecified atom stereocenters. The van der Waals surface area contributed by atoms with Gasteiger partial charge in [-0.25, -0.2) is 5.01 Å². The van der Waals surface area contributed by atoms with Crippen molar-refractivity contribution in [2.24, 2.45) is 5.10 Å². The van der Waals surface area contributed by atoms with Crippen LogP contribution >= 0.6 is 0 Å². The molecule has 4 heteroatoms. The molecule has 0 radical (unpaired) electrons. The molecular formula is C22H18N2O2. The molecule has 0 aliphatic carbocycles. The standard InChI is InChI=1S/C22H18N2O2/c25-17-10-6-9-16(13-17)22-24-20(18-11-4-5-12-21(18)26-22)14-19(23-24)15-7-2-1-3-8-15/h1-13,20,22,25H,14H2. The number of hydrazone groups is 1. The van der Waals surface area contributed by atoms with Gasteiger partial charge >= 0.3 is 0 Å². The molecule has 26 heavy (non-hydrogen) atoms. The molecule has 0 amide bonds. The maximum Gasteiger partial charge on any atom is 0.214 e. The van der Waals surface area contributed by atoms with Gasteiger partial charge in [0.05, 0.1) is 11.8 Å². The predicted octanol–water partition coefficient (Wildman–Crippen LogP) is 4.63. The topological polar surface area (TPSA) is 45.1 Å². The highest BCUT2D eigenvalue weighted by atomic mass is 16.5. The summed E-state index contributed by atoms with van der Waals surface area (Å²) in [5.41, 5.74) is 4.23. The van der Waals surface area contributed by atoms with Crippen molar-refractivity contribution in [1.82, 2.24) is 5.01 Å². The Bertz CT molecular complexity index is 984. The summed E-state index contributed by atoms with van der Waals surface area (Å²) in [5.74, 6) is 1.11. The number of hydrogen-bond donors (Lipinski definition) is 1. The highest BCUT2D eigenvalue weighted by Crippen LogP contribution is 2.47. The highest BCUT2D eigenvalue weighted by Gasteiger charge is 2.40. The normalized spacial score (nSPS) is 20.8. The van der Waals surface area contributed by atoms with Gasteiger partial charge in [0, 0.05) is 17.5 Å². The summed E-state index contributed by atoms with van der Waals surface area (Å²) in [5, 5.41) is 16.8. The van der Waals surface area contributed by atoms with Crippen LogP contribution in [0.3, 0.4) is 0 Å². The van der Waals surface area contributed by atoms with E-state index in [0.29, 0.717) is 0 Å². The highest BCUT2D eigenvalue weighted by molar-refractivity contribution is 6.01. The molecule has 3 aromatic rings. The molecule has 2 heterocycles. The Labute approximate surface area is 152 Å². The lowest BCUT2D eigenvalue weighted by Crippen LogP contribution is -2.33. The number of phenolic OH excluding ortho intramolecular Hbond substituents is 1. The van der Waals surface area contributed by atoms with Crippen molar-refractivity contribution in [2.45, 2.75) is 18.7 Å².